The van der Waals surface area contributed by atoms with Crippen molar-refractivity contribution < 1.29 is 19.2 Å². The molecule has 2 aromatic rings. The van der Waals surface area contributed by atoms with E-state index in [0.717, 1.165) is 54.5 Å². The Morgan fingerprint density at radius 3 is 2.92 bits per heavy atom. The molecule has 0 radical (unpaired) electrons. The summed E-state index contributed by atoms with van der Waals surface area (Å²) in [4.78, 5) is 30.7. The van der Waals surface area contributed by atoms with Gasteiger partial charge in [-0.2, -0.15) is 0 Å². The number of carbonyl (C=O) groups is 2. The van der Waals surface area contributed by atoms with Crippen LogP contribution in [0.1, 0.15) is 34.5 Å². The van der Waals surface area contributed by atoms with Crippen LogP contribution in [0, 0.1) is 0 Å². The van der Waals surface area contributed by atoms with Crippen LogP contribution in [0.25, 0.3) is 10.9 Å². The SMILES string of the molecule is C[NH+]1CCc2nc3ccccc3c(C(=O)OCC(=O)NC3CC3)c2C1. The molecule has 2 heterocycles. The predicted octanol–water partition coefficient (Wildman–Crippen LogP) is 0.241. The maximum atomic E-state index is 12.8. The Bertz CT molecular complexity index is 845. The van der Waals surface area contributed by atoms with Crippen LogP contribution in [0.15, 0.2) is 24.3 Å². The lowest BCUT2D eigenvalue weighted by atomic mass is 9.96. The molecular formula is C19H22N3O3+. The number of fused-ring (bicyclic) bond motifs is 2. The molecule has 1 unspecified atom stereocenters. The molecule has 1 atom stereocenters. The van der Waals surface area contributed by atoms with Crippen molar-refractivity contribution in [1.29, 1.82) is 0 Å². The van der Waals surface area contributed by atoms with Gasteiger partial charge in [-0.3, -0.25) is 9.78 Å². The van der Waals surface area contributed by atoms with E-state index < -0.39 is 5.97 Å². The second-order valence-electron chi connectivity index (χ2n) is 6.98. The Morgan fingerprint density at radius 2 is 2.12 bits per heavy atom. The normalized spacial score (nSPS) is 19.3. The minimum Gasteiger partial charge on any atom is -0.452 e. The first-order valence-electron chi connectivity index (χ1n) is 8.80. The molecule has 2 aliphatic rings. The summed E-state index contributed by atoms with van der Waals surface area (Å²) in [5, 5.41) is 3.63. The molecule has 4 rings (SSSR count). The molecule has 1 aliphatic heterocycles. The number of carbonyl (C=O) groups excluding carboxylic acids is 2. The largest absolute Gasteiger partial charge is 0.452 e. The summed E-state index contributed by atoms with van der Waals surface area (Å²) in [5.41, 5.74) is 3.29. The Hall–Kier alpha value is -2.47. The van der Waals surface area contributed by atoms with Crippen LogP contribution in [-0.4, -0.2) is 43.1 Å². The average Bonchev–Trinajstić information content (AvgIpc) is 3.41. The Morgan fingerprint density at radius 1 is 1.32 bits per heavy atom. The van der Waals surface area contributed by atoms with Crippen LogP contribution in [0.5, 0.6) is 0 Å². The standard InChI is InChI=1S/C19H21N3O3/c1-22-9-8-16-14(10-22)18(13-4-2-3-5-15(13)21-16)19(24)25-11-17(23)20-12-6-7-12/h2-5,12H,6-11H2,1H3,(H,20,23)/p+1. The first-order chi connectivity index (χ1) is 12.1. The zero-order valence-corrected chi connectivity index (χ0v) is 14.3. The minimum absolute atomic E-state index is 0.231. The Kier molecular flexibility index (Phi) is 4.13. The monoisotopic (exact) mass is 340 g/mol. The molecule has 6 nitrogen and oxygen atoms in total. The highest BCUT2D eigenvalue weighted by Gasteiger charge is 2.28. The predicted molar refractivity (Wildman–Crippen MR) is 92.4 cm³/mol. The number of ether oxygens (including phenoxy) is 1. The molecule has 0 spiro atoms. The van der Waals surface area contributed by atoms with Crippen molar-refractivity contribution in [3.63, 3.8) is 0 Å². The summed E-state index contributed by atoms with van der Waals surface area (Å²) in [6, 6.07) is 7.88. The fraction of sp³-hybridized carbons (Fsp3) is 0.421. The van der Waals surface area contributed by atoms with Gasteiger partial charge in [0.05, 0.1) is 30.4 Å². The van der Waals surface area contributed by atoms with Gasteiger partial charge in [0.25, 0.3) is 5.91 Å². The molecule has 0 bridgehead atoms. The van der Waals surface area contributed by atoms with E-state index in [2.05, 4.69) is 12.4 Å². The second kappa shape index (κ2) is 6.44. The smallest absolute Gasteiger partial charge is 0.339 e. The number of esters is 1. The number of benzene rings is 1. The molecule has 2 N–H and O–H groups in total. The van der Waals surface area contributed by atoms with Gasteiger partial charge in [0.2, 0.25) is 0 Å². The summed E-state index contributed by atoms with van der Waals surface area (Å²) in [7, 11) is 2.11. The number of rotatable bonds is 4. The molecule has 1 amide bonds. The Labute approximate surface area is 146 Å². The third kappa shape index (κ3) is 3.35. The first-order valence-corrected chi connectivity index (χ1v) is 8.80. The highest BCUT2D eigenvalue weighted by molar-refractivity contribution is 6.05. The molecule has 130 valence electrons. The van der Waals surface area contributed by atoms with Gasteiger partial charge in [-0.15, -0.1) is 0 Å². The lowest BCUT2D eigenvalue weighted by Crippen LogP contribution is -3.08. The van der Waals surface area contributed by atoms with E-state index in [1.807, 2.05) is 24.3 Å². The lowest BCUT2D eigenvalue weighted by Gasteiger charge is -2.24. The molecule has 1 aliphatic carbocycles. The van der Waals surface area contributed by atoms with E-state index in [1.54, 1.807) is 0 Å². The molecule has 25 heavy (non-hydrogen) atoms. The van der Waals surface area contributed by atoms with E-state index >= 15 is 0 Å². The summed E-state index contributed by atoms with van der Waals surface area (Å²) >= 11 is 0. The van der Waals surface area contributed by atoms with Gasteiger partial charge in [0, 0.05) is 23.4 Å². The van der Waals surface area contributed by atoms with Gasteiger partial charge < -0.3 is 15.0 Å². The van der Waals surface area contributed by atoms with Crippen molar-refractivity contribution in [3.05, 3.63) is 41.1 Å². The van der Waals surface area contributed by atoms with Gasteiger partial charge in [0.15, 0.2) is 6.61 Å². The number of aromatic nitrogens is 1. The number of hydrogen-bond donors (Lipinski definition) is 2. The lowest BCUT2D eigenvalue weighted by molar-refractivity contribution is -0.895. The zero-order chi connectivity index (χ0) is 17.4. The summed E-state index contributed by atoms with van der Waals surface area (Å²) in [5.74, 6) is -0.665. The third-order valence-electron chi connectivity index (χ3n) is 4.83. The number of nitrogens with zero attached hydrogens (tertiary/aromatic N) is 1. The molecule has 1 fully saturated rings. The van der Waals surface area contributed by atoms with Crippen molar-refractivity contribution >= 4 is 22.8 Å². The van der Waals surface area contributed by atoms with Gasteiger partial charge in [-0.05, 0) is 18.9 Å². The van der Waals surface area contributed by atoms with Crippen molar-refractivity contribution in [3.8, 4) is 0 Å². The van der Waals surface area contributed by atoms with E-state index in [0.29, 0.717) is 5.56 Å². The number of pyridine rings is 1. The summed E-state index contributed by atoms with van der Waals surface area (Å²) < 4.78 is 5.34. The van der Waals surface area contributed by atoms with E-state index in [4.69, 9.17) is 9.72 Å². The quantitative estimate of drug-likeness (QED) is 0.782. The van der Waals surface area contributed by atoms with Gasteiger partial charge in [-0.1, -0.05) is 18.2 Å². The maximum absolute atomic E-state index is 12.8. The van der Waals surface area contributed by atoms with E-state index in [9.17, 15) is 9.59 Å². The third-order valence-corrected chi connectivity index (χ3v) is 4.83. The zero-order valence-electron chi connectivity index (χ0n) is 14.3. The number of nitrogens with one attached hydrogen (secondary N) is 2. The summed E-state index contributed by atoms with van der Waals surface area (Å²) in [6.07, 6.45) is 2.86. The van der Waals surface area contributed by atoms with Crippen LogP contribution in [0.3, 0.4) is 0 Å². The van der Waals surface area contributed by atoms with Crippen molar-refractivity contribution in [2.45, 2.75) is 31.8 Å². The van der Waals surface area contributed by atoms with Crippen molar-refractivity contribution in [2.75, 3.05) is 20.2 Å². The molecule has 1 saturated carbocycles. The summed E-state index contributed by atoms with van der Waals surface area (Å²) in [6.45, 7) is 1.51. The average molecular weight is 340 g/mol. The Balaban J connectivity index is 1.65. The van der Waals surface area contributed by atoms with E-state index in [1.165, 1.54) is 4.90 Å². The number of quaternary nitrogens is 1. The topological polar surface area (TPSA) is 72.7 Å². The van der Waals surface area contributed by atoms with E-state index in [-0.39, 0.29) is 18.6 Å². The van der Waals surface area contributed by atoms with Crippen LogP contribution in [-0.2, 0) is 22.5 Å². The van der Waals surface area contributed by atoms with Crippen LogP contribution < -0.4 is 10.2 Å². The second-order valence-corrected chi connectivity index (χ2v) is 6.98. The van der Waals surface area contributed by atoms with Gasteiger partial charge in [-0.25, -0.2) is 4.79 Å². The fourth-order valence-electron chi connectivity index (χ4n) is 3.35. The first kappa shape index (κ1) is 16.0. The molecule has 0 saturated heterocycles. The van der Waals surface area contributed by atoms with Crippen LogP contribution in [0.2, 0.25) is 0 Å². The maximum Gasteiger partial charge on any atom is 0.339 e. The van der Waals surface area contributed by atoms with Crippen molar-refractivity contribution in [2.24, 2.45) is 0 Å². The molecule has 1 aromatic heterocycles. The number of para-hydroxylation sites is 1. The highest BCUT2D eigenvalue weighted by Crippen LogP contribution is 2.25. The number of hydrogen-bond acceptors (Lipinski definition) is 4. The van der Waals surface area contributed by atoms with Crippen molar-refractivity contribution in [1.82, 2.24) is 10.3 Å². The van der Waals surface area contributed by atoms with Gasteiger partial charge in [0.1, 0.15) is 6.54 Å². The highest BCUT2D eigenvalue weighted by atomic mass is 16.5. The molecule has 6 heteroatoms. The number of amides is 1. The minimum atomic E-state index is -0.435. The van der Waals surface area contributed by atoms with Crippen LogP contribution >= 0.6 is 0 Å². The molecule has 1 aromatic carbocycles. The van der Waals surface area contributed by atoms with Crippen LogP contribution in [0.4, 0.5) is 0 Å². The fourth-order valence-corrected chi connectivity index (χ4v) is 3.35. The number of likely N-dealkylation sites (N-methyl/N-ethyl adjacent to an activating group) is 1. The van der Waals surface area contributed by atoms with Gasteiger partial charge >= 0.3 is 5.97 Å². The molecular weight excluding hydrogens is 318 g/mol.